The molecule has 1 rings (SSSR count). The van der Waals surface area contributed by atoms with Crippen molar-refractivity contribution < 1.29 is 9.90 Å². The van der Waals surface area contributed by atoms with Crippen molar-refractivity contribution >= 4 is 5.91 Å². The maximum atomic E-state index is 11.7. The second-order valence-corrected chi connectivity index (χ2v) is 4.80. The Morgan fingerprint density at radius 3 is 2.71 bits per heavy atom. The summed E-state index contributed by atoms with van der Waals surface area (Å²) >= 11 is 0. The van der Waals surface area contributed by atoms with E-state index in [-0.39, 0.29) is 17.0 Å². The highest BCUT2D eigenvalue weighted by molar-refractivity contribution is 5.92. The van der Waals surface area contributed by atoms with Crippen LogP contribution in [0.25, 0.3) is 0 Å². The summed E-state index contributed by atoms with van der Waals surface area (Å²) in [5, 5.41) is 11.8. The van der Waals surface area contributed by atoms with Crippen LogP contribution >= 0.6 is 0 Å². The third-order valence-electron chi connectivity index (χ3n) is 2.82. The van der Waals surface area contributed by atoms with Crippen LogP contribution in [0, 0.1) is 5.41 Å². The summed E-state index contributed by atoms with van der Waals surface area (Å²) in [6.07, 6.45) is 2.06. The number of hydrogen-bond acceptors (Lipinski definition) is 3. The lowest BCUT2D eigenvalue weighted by Crippen LogP contribution is -2.34. The molecule has 1 aromatic rings. The lowest BCUT2D eigenvalue weighted by atomic mass is 9.90. The first-order valence-electron chi connectivity index (χ1n) is 5.55. The minimum Gasteiger partial charge on any atom is -0.503 e. The van der Waals surface area contributed by atoms with Crippen LogP contribution < -0.4 is 10.7 Å². The smallest absolute Gasteiger partial charge is 0.267 e. The Balaban J connectivity index is 2.71. The predicted octanol–water partition coefficient (Wildman–Crippen LogP) is 1.25. The number of pyridine rings is 1. The SMILES string of the molecule is CCC(C)(C)CNC(=O)c1cc(=O)c(O)c[nH]1. The number of aromatic amines is 1. The van der Waals surface area contributed by atoms with Crippen LogP contribution in [0.2, 0.25) is 0 Å². The normalized spacial score (nSPS) is 11.2. The van der Waals surface area contributed by atoms with Crippen molar-refractivity contribution in [3.8, 4) is 5.75 Å². The quantitative estimate of drug-likeness (QED) is 0.738. The number of carbonyl (C=O) groups is 1. The Labute approximate surface area is 99.9 Å². The fourth-order valence-electron chi connectivity index (χ4n) is 1.13. The molecule has 0 spiro atoms. The zero-order valence-corrected chi connectivity index (χ0v) is 10.3. The zero-order valence-electron chi connectivity index (χ0n) is 10.3. The van der Waals surface area contributed by atoms with Crippen LogP contribution in [0.5, 0.6) is 5.75 Å². The molecule has 0 aromatic carbocycles. The van der Waals surface area contributed by atoms with Gasteiger partial charge in [0.25, 0.3) is 5.91 Å². The van der Waals surface area contributed by atoms with Gasteiger partial charge in [-0.1, -0.05) is 20.8 Å². The zero-order chi connectivity index (χ0) is 13.1. The molecule has 1 amide bonds. The molecule has 5 nitrogen and oxygen atoms in total. The van der Waals surface area contributed by atoms with E-state index < -0.39 is 11.2 Å². The highest BCUT2D eigenvalue weighted by Crippen LogP contribution is 2.17. The first kappa shape index (κ1) is 13.3. The lowest BCUT2D eigenvalue weighted by Gasteiger charge is -2.22. The summed E-state index contributed by atoms with van der Waals surface area (Å²) in [7, 11) is 0. The molecular formula is C12H18N2O3. The molecule has 0 fully saturated rings. The maximum absolute atomic E-state index is 11.7. The largest absolute Gasteiger partial charge is 0.503 e. The van der Waals surface area contributed by atoms with Gasteiger partial charge in [0, 0.05) is 18.8 Å². The van der Waals surface area contributed by atoms with Gasteiger partial charge in [0.15, 0.2) is 5.75 Å². The Kier molecular flexibility index (Phi) is 3.93. The molecule has 0 saturated carbocycles. The summed E-state index contributed by atoms with van der Waals surface area (Å²) in [4.78, 5) is 25.4. The van der Waals surface area contributed by atoms with Gasteiger partial charge in [0.05, 0.1) is 0 Å². The summed E-state index contributed by atoms with van der Waals surface area (Å²) in [6, 6.07) is 1.09. The molecule has 1 heterocycles. The van der Waals surface area contributed by atoms with E-state index in [1.54, 1.807) is 0 Å². The van der Waals surface area contributed by atoms with Crippen molar-refractivity contribution in [3.63, 3.8) is 0 Å². The summed E-state index contributed by atoms with van der Waals surface area (Å²) in [6.45, 7) is 6.68. The third kappa shape index (κ3) is 3.62. The number of amides is 1. The highest BCUT2D eigenvalue weighted by Gasteiger charge is 2.17. The van der Waals surface area contributed by atoms with Gasteiger partial charge in [-0.05, 0) is 11.8 Å². The predicted molar refractivity (Wildman–Crippen MR) is 65.1 cm³/mol. The summed E-state index contributed by atoms with van der Waals surface area (Å²) in [5.41, 5.74) is -0.393. The fraction of sp³-hybridized carbons (Fsp3) is 0.500. The molecule has 0 unspecified atom stereocenters. The Bertz CT molecular complexity index is 463. The molecule has 94 valence electrons. The van der Waals surface area contributed by atoms with Crippen LogP contribution in [0.1, 0.15) is 37.7 Å². The molecule has 0 aliphatic carbocycles. The average molecular weight is 238 g/mol. The number of hydrogen-bond donors (Lipinski definition) is 3. The molecule has 1 aromatic heterocycles. The molecule has 0 saturated heterocycles. The number of rotatable bonds is 4. The standard InChI is InChI=1S/C12H18N2O3/c1-4-12(2,3)7-14-11(17)8-5-9(15)10(16)6-13-8/h5-6,16H,4,7H2,1-3H3,(H,13,15)(H,14,17). The van der Waals surface area contributed by atoms with E-state index in [2.05, 4.69) is 17.2 Å². The Morgan fingerprint density at radius 1 is 1.53 bits per heavy atom. The second kappa shape index (κ2) is 5.03. The number of H-pyrrole nitrogens is 1. The summed E-state index contributed by atoms with van der Waals surface area (Å²) < 4.78 is 0. The molecule has 0 bridgehead atoms. The van der Waals surface area contributed by atoms with Gasteiger partial charge in [-0.2, -0.15) is 0 Å². The lowest BCUT2D eigenvalue weighted by molar-refractivity contribution is 0.0930. The monoisotopic (exact) mass is 238 g/mol. The van der Waals surface area contributed by atoms with E-state index in [9.17, 15) is 9.59 Å². The Morgan fingerprint density at radius 2 is 2.18 bits per heavy atom. The molecule has 5 heteroatoms. The molecule has 17 heavy (non-hydrogen) atoms. The van der Waals surface area contributed by atoms with Crippen molar-refractivity contribution in [1.82, 2.24) is 10.3 Å². The highest BCUT2D eigenvalue weighted by atomic mass is 16.3. The van der Waals surface area contributed by atoms with Gasteiger partial charge in [-0.3, -0.25) is 9.59 Å². The molecule has 0 atom stereocenters. The number of aromatic nitrogens is 1. The Hall–Kier alpha value is -1.78. The van der Waals surface area contributed by atoms with Crippen molar-refractivity contribution in [3.05, 3.63) is 28.2 Å². The van der Waals surface area contributed by atoms with Crippen LogP contribution in [-0.2, 0) is 0 Å². The number of nitrogens with one attached hydrogen (secondary N) is 2. The van der Waals surface area contributed by atoms with Crippen molar-refractivity contribution in [1.29, 1.82) is 0 Å². The van der Waals surface area contributed by atoms with Gasteiger partial charge in [-0.15, -0.1) is 0 Å². The molecule has 0 radical (unpaired) electrons. The van der Waals surface area contributed by atoms with Gasteiger partial charge in [0.2, 0.25) is 5.43 Å². The van der Waals surface area contributed by atoms with E-state index in [0.29, 0.717) is 6.54 Å². The maximum Gasteiger partial charge on any atom is 0.267 e. The fourth-order valence-corrected chi connectivity index (χ4v) is 1.13. The van der Waals surface area contributed by atoms with Crippen molar-refractivity contribution in [2.75, 3.05) is 6.54 Å². The minimum atomic E-state index is -0.566. The van der Waals surface area contributed by atoms with E-state index in [0.717, 1.165) is 18.7 Å². The van der Waals surface area contributed by atoms with E-state index in [1.165, 1.54) is 0 Å². The topological polar surface area (TPSA) is 82.2 Å². The van der Waals surface area contributed by atoms with Crippen LogP contribution in [-0.4, -0.2) is 22.5 Å². The number of aromatic hydroxyl groups is 1. The van der Waals surface area contributed by atoms with Crippen molar-refractivity contribution in [2.45, 2.75) is 27.2 Å². The van der Waals surface area contributed by atoms with Gasteiger partial charge >= 0.3 is 0 Å². The minimum absolute atomic E-state index is 0.0207. The molecule has 0 aliphatic rings. The van der Waals surface area contributed by atoms with Crippen LogP contribution in [0.15, 0.2) is 17.1 Å². The third-order valence-corrected chi connectivity index (χ3v) is 2.82. The van der Waals surface area contributed by atoms with Gasteiger partial charge in [-0.25, -0.2) is 0 Å². The van der Waals surface area contributed by atoms with Crippen LogP contribution in [0.3, 0.4) is 0 Å². The van der Waals surface area contributed by atoms with Crippen LogP contribution in [0.4, 0.5) is 0 Å². The molecule has 0 aliphatic heterocycles. The second-order valence-electron chi connectivity index (χ2n) is 4.80. The van der Waals surface area contributed by atoms with Crippen molar-refractivity contribution in [2.24, 2.45) is 5.41 Å². The van der Waals surface area contributed by atoms with E-state index in [4.69, 9.17) is 5.11 Å². The molecular weight excluding hydrogens is 220 g/mol. The van der Waals surface area contributed by atoms with E-state index >= 15 is 0 Å². The first-order chi connectivity index (χ1) is 7.85. The molecule has 3 N–H and O–H groups in total. The number of carbonyl (C=O) groups excluding carboxylic acids is 1. The van der Waals surface area contributed by atoms with Gasteiger partial charge in [0.1, 0.15) is 5.69 Å². The average Bonchev–Trinajstić information content (AvgIpc) is 2.30. The van der Waals surface area contributed by atoms with E-state index in [1.807, 2.05) is 13.8 Å². The summed E-state index contributed by atoms with van der Waals surface area (Å²) in [5.74, 6) is -0.737. The first-order valence-corrected chi connectivity index (χ1v) is 5.55. The van der Waals surface area contributed by atoms with Gasteiger partial charge < -0.3 is 15.4 Å².